The van der Waals surface area contributed by atoms with Crippen LogP contribution in [0, 0.1) is 11.8 Å². The highest BCUT2D eigenvalue weighted by Gasteiger charge is 2.51. The van der Waals surface area contributed by atoms with Crippen LogP contribution < -0.4 is 5.73 Å². The molecule has 1 saturated carbocycles. The average molecular weight is 582 g/mol. The van der Waals surface area contributed by atoms with E-state index in [1.54, 1.807) is 20.8 Å². The number of halogens is 3. The van der Waals surface area contributed by atoms with E-state index in [0.717, 1.165) is 33.0 Å². The Balaban J connectivity index is 1.59. The quantitative estimate of drug-likeness (QED) is 0.540. The predicted octanol–water partition coefficient (Wildman–Crippen LogP) is 4.44. The van der Waals surface area contributed by atoms with Gasteiger partial charge in [-0.15, -0.1) is 0 Å². The first kappa shape index (κ1) is 30.0. The van der Waals surface area contributed by atoms with E-state index in [1.807, 2.05) is 30.3 Å². The minimum atomic E-state index is -4.69. The third kappa shape index (κ3) is 6.50. The number of amides is 2. The summed E-state index contributed by atoms with van der Waals surface area (Å²) in [6.45, 7) is 5.05. The van der Waals surface area contributed by atoms with E-state index in [4.69, 9.17) is 10.5 Å². The molecule has 1 aliphatic carbocycles. The number of nitrogens with two attached hydrogens (primary N) is 1. The summed E-state index contributed by atoms with van der Waals surface area (Å²) in [6, 6.07) is 11.0. The molecule has 2 fully saturated rings. The Morgan fingerprint density at radius 3 is 2.35 bits per heavy atom. The number of ether oxygens (including phenoxy) is 1. The van der Waals surface area contributed by atoms with Crippen LogP contribution in [-0.4, -0.2) is 60.4 Å². The number of sulfonamides is 1. The highest BCUT2D eigenvalue weighted by Crippen LogP contribution is 2.43. The molecule has 2 aromatic carbocycles. The van der Waals surface area contributed by atoms with Gasteiger partial charge in [0.1, 0.15) is 5.60 Å². The maximum absolute atomic E-state index is 13.6. The first-order valence-electron chi connectivity index (χ1n) is 13.1. The molecule has 0 bridgehead atoms. The summed E-state index contributed by atoms with van der Waals surface area (Å²) in [5.74, 6) is -1.22. The Morgan fingerprint density at radius 1 is 1.05 bits per heavy atom. The van der Waals surface area contributed by atoms with E-state index >= 15 is 0 Å². The van der Waals surface area contributed by atoms with Crippen molar-refractivity contribution in [2.45, 2.75) is 68.8 Å². The van der Waals surface area contributed by atoms with E-state index in [-0.39, 0.29) is 25.4 Å². The minimum absolute atomic E-state index is 0.0472. The SMILES string of the molecule is CC(C)(C)OC(=O)N(C(=O)[C@@H](N)Cc1ccccc1)[C@H]1CC[C@@H]2CN(S(=O)(=O)c3cccc(C(F)(F)F)c3)C[C@@H]21. The number of hydrogen-bond donors (Lipinski definition) is 1. The molecule has 2 N–H and O–H groups in total. The molecule has 2 aromatic rings. The summed E-state index contributed by atoms with van der Waals surface area (Å²) in [5, 5.41) is 0. The first-order chi connectivity index (χ1) is 18.6. The molecule has 8 nitrogen and oxygen atoms in total. The van der Waals surface area contributed by atoms with Crippen LogP contribution in [0.5, 0.6) is 0 Å². The molecule has 0 spiro atoms. The van der Waals surface area contributed by atoms with Crippen LogP contribution in [0.25, 0.3) is 0 Å². The molecule has 1 saturated heterocycles. The zero-order valence-electron chi connectivity index (χ0n) is 22.6. The van der Waals surface area contributed by atoms with Crippen LogP contribution in [0.15, 0.2) is 59.5 Å². The molecule has 0 radical (unpaired) electrons. The van der Waals surface area contributed by atoms with Crippen molar-refractivity contribution in [1.82, 2.24) is 9.21 Å². The molecule has 2 aliphatic rings. The third-order valence-corrected chi connectivity index (χ3v) is 9.19. The lowest BCUT2D eigenvalue weighted by Gasteiger charge is -2.34. The van der Waals surface area contributed by atoms with Crippen molar-refractivity contribution in [1.29, 1.82) is 0 Å². The number of alkyl halides is 3. The van der Waals surface area contributed by atoms with E-state index in [1.165, 1.54) is 0 Å². The maximum Gasteiger partial charge on any atom is 0.417 e. The fraction of sp³-hybridized carbons (Fsp3) is 0.500. The molecule has 0 unspecified atom stereocenters. The number of hydrogen-bond acceptors (Lipinski definition) is 6. The number of rotatable bonds is 6. The van der Waals surface area contributed by atoms with Gasteiger partial charge in [0.25, 0.3) is 0 Å². The van der Waals surface area contributed by atoms with Gasteiger partial charge in [0, 0.05) is 19.1 Å². The first-order valence-corrected chi connectivity index (χ1v) is 14.5. The van der Waals surface area contributed by atoms with Gasteiger partial charge >= 0.3 is 12.3 Å². The molecule has 1 aliphatic heterocycles. The van der Waals surface area contributed by atoms with Gasteiger partial charge < -0.3 is 10.5 Å². The van der Waals surface area contributed by atoms with Gasteiger partial charge in [0.15, 0.2) is 0 Å². The van der Waals surface area contributed by atoms with Gasteiger partial charge in [0.2, 0.25) is 15.9 Å². The topological polar surface area (TPSA) is 110 Å². The van der Waals surface area contributed by atoms with Crippen molar-refractivity contribution >= 4 is 22.0 Å². The number of carbonyl (C=O) groups is 2. The molecular weight excluding hydrogens is 547 g/mol. The van der Waals surface area contributed by atoms with Crippen LogP contribution in [0.4, 0.5) is 18.0 Å². The van der Waals surface area contributed by atoms with Gasteiger partial charge in [-0.2, -0.15) is 17.5 Å². The summed E-state index contributed by atoms with van der Waals surface area (Å²) in [6.07, 6.45) is -4.38. The van der Waals surface area contributed by atoms with Gasteiger partial charge in [-0.1, -0.05) is 36.4 Å². The van der Waals surface area contributed by atoms with Crippen molar-refractivity contribution in [3.05, 3.63) is 65.7 Å². The second kappa shape index (κ2) is 11.1. The lowest BCUT2D eigenvalue weighted by molar-refractivity contribution is -0.138. The van der Waals surface area contributed by atoms with Gasteiger partial charge in [-0.25, -0.2) is 18.1 Å². The van der Waals surface area contributed by atoms with Gasteiger partial charge in [-0.3, -0.25) is 4.79 Å². The zero-order valence-corrected chi connectivity index (χ0v) is 23.4. The second-order valence-corrected chi connectivity index (χ2v) is 13.3. The van der Waals surface area contributed by atoms with Gasteiger partial charge in [-0.05, 0) is 75.6 Å². The smallest absolute Gasteiger partial charge is 0.417 e. The van der Waals surface area contributed by atoms with Crippen LogP contribution in [0.1, 0.15) is 44.7 Å². The minimum Gasteiger partial charge on any atom is -0.443 e. The Bertz CT molecular complexity index is 1340. The number of benzene rings is 2. The second-order valence-electron chi connectivity index (χ2n) is 11.4. The fourth-order valence-corrected chi connectivity index (χ4v) is 7.11. The summed E-state index contributed by atoms with van der Waals surface area (Å²) >= 11 is 0. The van der Waals surface area contributed by atoms with Crippen LogP contribution in [0.2, 0.25) is 0 Å². The predicted molar refractivity (Wildman–Crippen MR) is 141 cm³/mol. The molecule has 4 rings (SSSR count). The zero-order chi connectivity index (χ0) is 29.5. The number of nitrogens with zero attached hydrogens (tertiary/aromatic N) is 2. The maximum atomic E-state index is 13.6. The number of imide groups is 1. The van der Waals surface area contributed by atoms with Crippen molar-refractivity contribution in [2.75, 3.05) is 13.1 Å². The normalized spacial score (nSPS) is 22.5. The lowest BCUT2D eigenvalue weighted by Crippen LogP contribution is -2.55. The molecule has 40 heavy (non-hydrogen) atoms. The van der Waals surface area contributed by atoms with E-state index in [2.05, 4.69) is 0 Å². The Labute approximate surface area is 232 Å². The highest BCUT2D eigenvalue weighted by molar-refractivity contribution is 7.89. The molecular formula is C28H34F3N3O5S. The molecule has 12 heteroatoms. The monoisotopic (exact) mass is 581 g/mol. The molecule has 4 atom stereocenters. The molecule has 2 amide bonds. The average Bonchev–Trinajstić information content (AvgIpc) is 3.46. The molecule has 218 valence electrons. The van der Waals surface area contributed by atoms with Crippen molar-refractivity contribution in [3.8, 4) is 0 Å². The van der Waals surface area contributed by atoms with Gasteiger partial charge in [0.05, 0.1) is 16.5 Å². The third-order valence-electron chi connectivity index (χ3n) is 7.36. The van der Waals surface area contributed by atoms with E-state index in [9.17, 15) is 31.2 Å². The largest absolute Gasteiger partial charge is 0.443 e. The van der Waals surface area contributed by atoms with E-state index in [0.29, 0.717) is 18.9 Å². The summed E-state index contributed by atoms with van der Waals surface area (Å²) in [4.78, 5) is 27.6. The molecule has 1 heterocycles. The molecule has 0 aromatic heterocycles. The lowest BCUT2D eigenvalue weighted by atomic mass is 9.96. The highest BCUT2D eigenvalue weighted by atomic mass is 32.2. The Kier molecular flexibility index (Phi) is 8.35. The van der Waals surface area contributed by atoms with Crippen LogP contribution in [0.3, 0.4) is 0 Å². The van der Waals surface area contributed by atoms with E-state index < -0.39 is 62.3 Å². The Morgan fingerprint density at radius 2 is 1.73 bits per heavy atom. The summed E-state index contributed by atoms with van der Waals surface area (Å²) in [7, 11) is -4.25. The van der Waals surface area contributed by atoms with Crippen LogP contribution in [-0.2, 0) is 32.2 Å². The fourth-order valence-electron chi connectivity index (χ4n) is 5.53. The Hall–Kier alpha value is -2.96. The summed E-state index contributed by atoms with van der Waals surface area (Å²) < 4.78 is 73.1. The standard InChI is InChI=1S/C28H34F3N3O5S/c1-27(2,3)39-26(36)34(25(35)23(32)14-18-8-5-4-6-9-18)24-13-12-19-16-33(17-22(19)24)40(37,38)21-11-7-10-20(15-21)28(29,30)31/h4-11,15,19,22-24H,12-14,16-17,32H2,1-3H3/t19-,22+,23+,24+/m1/s1. The van der Waals surface area contributed by atoms with Crippen molar-refractivity contribution in [2.24, 2.45) is 17.6 Å². The summed E-state index contributed by atoms with van der Waals surface area (Å²) in [5.41, 5.74) is 5.14. The van der Waals surface area contributed by atoms with Crippen molar-refractivity contribution in [3.63, 3.8) is 0 Å². The van der Waals surface area contributed by atoms with Crippen molar-refractivity contribution < 1.29 is 35.9 Å². The number of fused-ring (bicyclic) bond motifs is 1. The number of carbonyl (C=O) groups excluding carboxylic acids is 2. The van der Waals surface area contributed by atoms with Crippen LogP contribution >= 0.6 is 0 Å².